The van der Waals surface area contributed by atoms with Crippen LogP contribution in [0.1, 0.15) is 35.7 Å². The number of hydrogen-bond donors (Lipinski definition) is 1. The number of nitrogens with zero attached hydrogens (tertiary/aromatic N) is 1. The molecule has 1 aliphatic rings. The summed E-state index contributed by atoms with van der Waals surface area (Å²) in [4.78, 5) is 13.8. The lowest BCUT2D eigenvalue weighted by molar-refractivity contribution is 0.0595. The van der Waals surface area contributed by atoms with Crippen molar-refractivity contribution in [3.8, 4) is 0 Å². The fourth-order valence-corrected chi connectivity index (χ4v) is 2.84. The van der Waals surface area contributed by atoms with Gasteiger partial charge in [0.15, 0.2) is 0 Å². The Morgan fingerprint density at radius 3 is 2.71 bits per heavy atom. The summed E-state index contributed by atoms with van der Waals surface area (Å²) in [6.07, 6.45) is 2.24. The first-order valence-electron chi connectivity index (χ1n) is 7.47. The number of ether oxygens (including phenoxy) is 1. The number of piperidine rings is 1. The lowest BCUT2D eigenvalue weighted by Gasteiger charge is -2.34. The second-order valence-corrected chi connectivity index (χ2v) is 5.35. The minimum absolute atomic E-state index is 0.00818. The van der Waals surface area contributed by atoms with E-state index < -0.39 is 11.8 Å². The molecule has 1 aliphatic heterocycles. The van der Waals surface area contributed by atoms with E-state index in [9.17, 15) is 9.18 Å². The standard InChI is InChI=1S/C16H23FN2O2/c1-3-19(13-6-8-18-9-7-13)11-12-4-5-14(15(17)10-12)16(20)21-2/h4-5,10,13,18H,3,6-9,11H2,1-2H3. The predicted molar refractivity (Wildman–Crippen MR) is 79.7 cm³/mol. The normalized spacial score (nSPS) is 16.2. The van der Waals surface area contributed by atoms with Crippen LogP contribution in [0.2, 0.25) is 0 Å². The van der Waals surface area contributed by atoms with Gasteiger partial charge in [-0.15, -0.1) is 0 Å². The van der Waals surface area contributed by atoms with Crippen molar-refractivity contribution in [1.82, 2.24) is 10.2 Å². The van der Waals surface area contributed by atoms with Crippen molar-refractivity contribution >= 4 is 5.97 Å². The molecule has 0 atom stereocenters. The zero-order chi connectivity index (χ0) is 15.2. The van der Waals surface area contributed by atoms with Gasteiger partial charge >= 0.3 is 5.97 Å². The number of carbonyl (C=O) groups is 1. The lowest BCUT2D eigenvalue weighted by atomic mass is 10.0. The average molecular weight is 294 g/mol. The molecule has 21 heavy (non-hydrogen) atoms. The minimum Gasteiger partial charge on any atom is -0.465 e. The van der Waals surface area contributed by atoms with E-state index in [1.165, 1.54) is 19.2 Å². The first kappa shape index (κ1) is 15.9. The molecule has 1 fully saturated rings. The summed E-state index contributed by atoms with van der Waals surface area (Å²) in [5.74, 6) is -1.15. The Hall–Kier alpha value is -1.46. The highest BCUT2D eigenvalue weighted by Crippen LogP contribution is 2.18. The fourth-order valence-electron chi connectivity index (χ4n) is 2.84. The van der Waals surface area contributed by atoms with Gasteiger partial charge in [-0.1, -0.05) is 13.0 Å². The number of esters is 1. The van der Waals surface area contributed by atoms with Gasteiger partial charge in [0.1, 0.15) is 5.82 Å². The van der Waals surface area contributed by atoms with Crippen molar-refractivity contribution in [1.29, 1.82) is 0 Å². The molecule has 0 spiro atoms. The van der Waals surface area contributed by atoms with Gasteiger partial charge in [-0.2, -0.15) is 0 Å². The third kappa shape index (κ3) is 4.02. The Morgan fingerprint density at radius 1 is 1.43 bits per heavy atom. The predicted octanol–water partition coefficient (Wildman–Crippen LogP) is 2.19. The molecule has 0 aliphatic carbocycles. The molecular formula is C16H23FN2O2. The van der Waals surface area contributed by atoms with E-state index in [2.05, 4.69) is 21.9 Å². The molecule has 0 saturated carbocycles. The number of carbonyl (C=O) groups excluding carboxylic acids is 1. The van der Waals surface area contributed by atoms with Crippen LogP contribution in [0.25, 0.3) is 0 Å². The molecule has 2 rings (SSSR count). The van der Waals surface area contributed by atoms with Crippen molar-refractivity contribution in [2.24, 2.45) is 0 Å². The van der Waals surface area contributed by atoms with E-state index in [1.54, 1.807) is 6.07 Å². The van der Waals surface area contributed by atoms with Crippen LogP contribution in [-0.2, 0) is 11.3 Å². The molecule has 1 heterocycles. The average Bonchev–Trinajstić information content (AvgIpc) is 2.53. The van der Waals surface area contributed by atoms with Gasteiger partial charge in [0.05, 0.1) is 12.7 Å². The van der Waals surface area contributed by atoms with Crippen molar-refractivity contribution < 1.29 is 13.9 Å². The van der Waals surface area contributed by atoms with Gasteiger partial charge < -0.3 is 10.1 Å². The molecule has 0 bridgehead atoms. The minimum atomic E-state index is -0.634. The fraction of sp³-hybridized carbons (Fsp3) is 0.562. The highest BCUT2D eigenvalue weighted by molar-refractivity contribution is 5.89. The monoisotopic (exact) mass is 294 g/mol. The maximum atomic E-state index is 14.0. The smallest absolute Gasteiger partial charge is 0.340 e. The highest BCUT2D eigenvalue weighted by Gasteiger charge is 2.20. The molecule has 4 nitrogen and oxygen atoms in total. The summed E-state index contributed by atoms with van der Waals surface area (Å²) >= 11 is 0. The number of methoxy groups -OCH3 is 1. The number of halogens is 1. The summed E-state index contributed by atoms with van der Waals surface area (Å²) in [6, 6.07) is 5.29. The lowest BCUT2D eigenvalue weighted by Crippen LogP contribution is -2.42. The molecule has 0 amide bonds. The number of nitrogens with one attached hydrogen (secondary N) is 1. The van der Waals surface area contributed by atoms with Gasteiger partial charge in [-0.05, 0) is 50.2 Å². The van der Waals surface area contributed by atoms with E-state index in [0.29, 0.717) is 12.6 Å². The van der Waals surface area contributed by atoms with Crippen LogP contribution in [0, 0.1) is 5.82 Å². The van der Waals surface area contributed by atoms with Gasteiger partial charge in [-0.3, -0.25) is 4.90 Å². The molecule has 1 saturated heterocycles. The number of hydrogen-bond acceptors (Lipinski definition) is 4. The van der Waals surface area contributed by atoms with Crippen LogP contribution in [0.4, 0.5) is 4.39 Å². The van der Waals surface area contributed by atoms with Crippen molar-refractivity contribution in [2.75, 3.05) is 26.7 Å². The van der Waals surface area contributed by atoms with Crippen LogP contribution in [0.5, 0.6) is 0 Å². The Balaban J connectivity index is 2.07. The largest absolute Gasteiger partial charge is 0.465 e. The van der Waals surface area contributed by atoms with Crippen LogP contribution in [0.15, 0.2) is 18.2 Å². The molecule has 116 valence electrons. The zero-order valence-electron chi connectivity index (χ0n) is 12.7. The van der Waals surface area contributed by atoms with E-state index in [0.717, 1.165) is 38.0 Å². The van der Waals surface area contributed by atoms with Crippen LogP contribution < -0.4 is 5.32 Å². The molecule has 5 heteroatoms. The van der Waals surface area contributed by atoms with E-state index >= 15 is 0 Å². The van der Waals surface area contributed by atoms with E-state index in [4.69, 9.17) is 0 Å². The van der Waals surface area contributed by atoms with Crippen molar-refractivity contribution in [3.63, 3.8) is 0 Å². The molecular weight excluding hydrogens is 271 g/mol. The summed E-state index contributed by atoms with van der Waals surface area (Å²) in [5.41, 5.74) is 0.881. The molecule has 1 aromatic rings. The third-order valence-corrected chi connectivity index (χ3v) is 4.06. The summed E-state index contributed by atoms with van der Waals surface area (Å²) in [7, 11) is 1.26. The maximum absolute atomic E-state index is 14.0. The third-order valence-electron chi connectivity index (χ3n) is 4.06. The highest BCUT2D eigenvalue weighted by atomic mass is 19.1. The number of benzene rings is 1. The topological polar surface area (TPSA) is 41.6 Å². The SMILES string of the molecule is CCN(Cc1ccc(C(=O)OC)c(F)c1)C1CCNCC1. The molecule has 1 N–H and O–H groups in total. The Kier molecular flexibility index (Phi) is 5.70. The second kappa shape index (κ2) is 7.52. The Bertz CT molecular complexity index is 487. The first-order valence-corrected chi connectivity index (χ1v) is 7.47. The van der Waals surface area contributed by atoms with Gasteiger partial charge in [0.2, 0.25) is 0 Å². The van der Waals surface area contributed by atoms with Gasteiger partial charge in [0, 0.05) is 12.6 Å². The zero-order valence-corrected chi connectivity index (χ0v) is 12.7. The van der Waals surface area contributed by atoms with Crippen molar-refractivity contribution in [3.05, 3.63) is 35.1 Å². The van der Waals surface area contributed by atoms with E-state index in [-0.39, 0.29) is 5.56 Å². The molecule has 0 unspecified atom stereocenters. The van der Waals surface area contributed by atoms with Crippen LogP contribution in [0.3, 0.4) is 0 Å². The van der Waals surface area contributed by atoms with Gasteiger partial charge in [0.25, 0.3) is 0 Å². The molecule has 0 radical (unpaired) electrons. The Morgan fingerprint density at radius 2 is 2.14 bits per heavy atom. The maximum Gasteiger partial charge on any atom is 0.340 e. The van der Waals surface area contributed by atoms with Crippen LogP contribution in [-0.4, -0.2) is 43.7 Å². The van der Waals surface area contributed by atoms with Crippen molar-refractivity contribution in [2.45, 2.75) is 32.4 Å². The number of rotatable bonds is 5. The summed E-state index contributed by atoms with van der Waals surface area (Å²) in [6.45, 7) is 5.85. The molecule has 0 aromatic heterocycles. The quantitative estimate of drug-likeness (QED) is 0.845. The summed E-state index contributed by atoms with van der Waals surface area (Å²) < 4.78 is 18.5. The Labute approximate surface area is 125 Å². The summed E-state index contributed by atoms with van der Waals surface area (Å²) in [5, 5.41) is 3.35. The molecule has 1 aromatic carbocycles. The van der Waals surface area contributed by atoms with Crippen LogP contribution >= 0.6 is 0 Å². The first-order chi connectivity index (χ1) is 10.2. The second-order valence-electron chi connectivity index (χ2n) is 5.35. The van der Waals surface area contributed by atoms with Gasteiger partial charge in [-0.25, -0.2) is 9.18 Å². The van der Waals surface area contributed by atoms with E-state index in [1.807, 2.05) is 0 Å².